The number of halogens is 1. The molecule has 6 heteroatoms. The third-order valence-electron chi connectivity index (χ3n) is 3.80. The number of amides is 1. The second-order valence-corrected chi connectivity index (χ2v) is 5.36. The fourth-order valence-corrected chi connectivity index (χ4v) is 2.78. The van der Waals surface area contributed by atoms with Gasteiger partial charge in [0.1, 0.15) is 5.82 Å². The molecule has 1 aliphatic rings. The standard InChI is InChI=1S/C16H15FN2O3/c17-12-3-1-2-10(6-12)14-7-13(20)9-19(14)16(22)11-4-5-15(21)18-8-11/h1-6,8,13-14,20H,7,9H2,(H,18,21)/t13-,14-/m1/s1. The molecule has 0 radical (unpaired) electrons. The number of rotatable bonds is 2. The summed E-state index contributed by atoms with van der Waals surface area (Å²) >= 11 is 0. The zero-order valence-electron chi connectivity index (χ0n) is 11.7. The van der Waals surface area contributed by atoms with Crippen molar-refractivity contribution in [1.29, 1.82) is 0 Å². The van der Waals surface area contributed by atoms with Gasteiger partial charge >= 0.3 is 0 Å². The first-order valence-electron chi connectivity index (χ1n) is 6.98. The Bertz CT molecular complexity index is 739. The highest BCUT2D eigenvalue weighted by molar-refractivity contribution is 5.94. The van der Waals surface area contributed by atoms with Gasteiger partial charge in [-0.25, -0.2) is 4.39 Å². The van der Waals surface area contributed by atoms with E-state index in [1.165, 1.54) is 35.4 Å². The molecule has 2 aromatic rings. The molecular weight excluding hydrogens is 287 g/mol. The topological polar surface area (TPSA) is 73.4 Å². The first-order valence-corrected chi connectivity index (χ1v) is 6.98. The zero-order chi connectivity index (χ0) is 15.7. The van der Waals surface area contributed by atoms with Crippen LogP contribution in [-0.4, -0.2) is 33.5 Å². The van der Waals surface area contributed by atoms with E-state index in [1.54, 1.807) is 12.1 Å². The molecule has 114 valence electrons. The number of nitrogens with one attached hydrogen (secondary N) is 1. The van der Waals surface area contributed by atoms with Crippen LogP contribution < -0.4 is 5.56 Å². The second-order valence-electron chi connectivity index (χ2n) is 5.36. The molecule has 0 spiro atoms. The number of aromatic amines is 1. The summed E-state index contributed by atoms with van der Waals surface area (Å²) in [6, 6.07) is 8.35. The summed E-state index contributed by atoms with van der Waals surface area (Å²) in [6.45, 7) is 0.180. The van der Waals surface area contributed by atoms with Gasteiger partial charge in [0.15, 0.2) is 0 Å². The molecule has 0 aliphatic carbocycles. The van der Waals surface area contributed by atoms with Crippen LogP contribution in [0.4, 0.5) is 4.39 Å². The van der Waals surface area contributed by atoms with Crippen molar-refractivity contribution >= 4 is 5.91 Å². The van der Waals surface area contributed by atoms with E-state index in [0.717, 1.165) is 0 Å². The molecule has 1 aromatic carbocycles. The molecule has 0 saturated carbocycles. The molecular formula is C16H15FN2O3. The number of hydrogen-bond donors (Lipinski definition) is 2. The molecule has 1 fully saturated rings. The van der Waals surface area contributed by atoms with Crippen molar-refractivity contribution in [3.63, 3.8) is 0 Å². The van der Waals surface area contributed by atoms with Gasteiger partial charge in [-0.1, -0.05) is 12.1 Å². The summed E-state index contributed by atoms with van der Waals surface area (Å²) < 4.78 is 13.4. The normalized spacial score (nSPS) is 21.1. The molecule has 2 atom stereocenters. The van der Waals surface area contributed by atoms with Crippen LogP contribution in [0, 0.1) is 5.82 Å². The maximum Gasteiger partial charge on any atom is 0.255 e. The Kier molecular flexibility index (Phi) is 3.77. The van der Waals surface area contributed by atoms with Gasteiger partial charge < -0.3 is 15.0 Å². The third kappa shape index (κ3) is 2.78. The van der Waals surface area contributed by atoms with Gasteiger partial charge in [0, 0.05) is 18.8 Å². The number of carbonyl (C=O) groups excluding carboxylic acids is 1. The van der Waals surface area contributed by atoms with Crippen LogP contribution in [0.1, 0.15) is 28.4 Å². The van der Waals surface area contributed by atoms with Gasteiger partial charge in [0.05, 0.1) is 17.7 Å². The molecule has 1 aliphatic heterocycles. The van der Waals surface area contributed by atoms with E-state index >= 15 is 0 Å². The molecule has 22 heavy (non-hydrogen) atoms. The molecule has 2 N–H and O–H groups in total. The van der Waals surface area contributed by atoms with Crippen molar-refractivity contribution in [2.75, 3.05) is 6.54 Å². The molecule has 1 amide bonds. The quantitative estimate of drug-likeness (QED) is 0.882. The van der Waals surface area contributed by atoms with Crippen LogP contribution in [0.2, 0.25) is 0 Å². The maximum atomic E-state index is 13.4. The molecule has 1 saturated heterocycles. The molecule has 2 heterocycles. The van der Waals surface area contributed by atoms with Crippen LogP contribution in [0.15, 0.2) is 47.4 Å². The van der Waals surface area contributed by atoms with Crippen LogP contribution in [0.3, 0.4) is 0 Å². The Morgan fingerprint density at radius 1 is 1.32 bits per heavy atom. The minimum atomic E-state index is -0.653. The largest absolute Gasteiger partial charge is 0.391 e. The van der Waals surface area contributed by atoms with Crippen molar-refractivity contribution in [3.05, 3.63) is 69.9 Å². The predicted molar refractivity (Wildman–Crippen MR) is 77.9 cm³/mol. The van der Waals surface area contributed by atoms with Crippen molar-refractivity contribution in [2.45, 2.75) is 18.6 Å². The molecule has 0 unspecified atom stereocenters. The van der Waals surface area contributed by atoms with E-state index in [9.17, 15) is 19.1 Å². The van der Waals surface area contributed by atoms with Gasteiger partial charge in [0.25, 0.3) is 5.91 Å². The number of benzene rings is 1. The van der Waals surface area contributed by atoms with Gasteiger partial charge in [0.2, 0.25) is 5.56 Å². The van der Waals surface area contributed by atoms with Gasteiger partial charge in [-0.15, -0.1) is 0 Å². The Hall–Kier alpha value is -2.47. The minimum Gasteiger partial charge on any atom is -0.391 e. The van der Waals surface area contributed by atoms with Crippen LogP contribution in [-0.2, 0) is 0 Å². The highest BCUT2D eigenvalue weighted by atomic mass is 19.1. The number of pyridine rings is 1. The van der Waals surface area contributed by atoms with Crippen LogP contribution >= 0.6 is 0 Å². The first-order chi connectivity index (χ1) is 10.5. The summed E-state index contributed by atoms with van der Waals surface area (Å²) in [5, 5.41) is 9.90. The number of hydrogen-bond acceptors (Lipinski definition) is 3. The van der Waals surface area contributed by atoms with E-state index in [1.807, 2.05) is 0 Å². The SMILES string of the molecule is O=C(c1ccc(=O)[nH]c1)N1C[C@H](O)C[C@@H]1c1cccc(F)c1. The number of nitrogens with zero attached hydrogens (tertiary/aromatic N) is 1. The van der Waals surface area contributed by atoms with E-state index in [0.29, 0.717) is 17.5 Å². The van der Waals surface area contributed by atoms with E-state index in [4.69, 9.17) is 0 Å². The van der Waals surface area contributed by atoms with Gasteiger partial charge in [-0.3, -0.25) is 9.59 Å². The van der Waals surface area contributed by atoms with Crippen molar-refractivity contribution in [2.24, 2.45) is 0 Å². The second kappa shape index (κ2) is 5.73. The number of likely N-dealkylation sites (tertiary alicyclic amines) is 1. The fourth-order valence-electron chi connectivity index (χ4n) is 2.78. The highest BCUT2D eigenvalue weighted by Crippen LogP contribution is 2.33. The average Bonchev–Trinajstić information content (AvgIpc) is 2.89. The van der Waals surface area contributed by atoms with Crippen LogP contribution in [0.5, 0.6) is 0 Å². The lowest BCUT2D eigenvalue weighted by Gasteiger charge is -2.24. The zero-order valence-corrected chi connectivity index (χ0v) is 11.7. The summed E-state index contributed by atoms with van der Waals surface area (Å²) in [5.74, 6) is -0.683. The Morgan fingerprint density at radius 3 is 2.82 bits per heavy atom. The van der Waals surface area contributed by atoms with Gasteiger partial charge in [-0.05, 0) is 30.2 Å². The summed E-state index contributed by atoms with van der Waals surface area (Å²) in [4.78, 5) is 27.6. The number of aromatic nitrogens is 1. The lowest BCUT2D eigenvalue weighted by atomic mass is 10.0. The predicted octanol–water partition coefficient (Wildman–Crippen LogP) is 1.46. The highest BCUT2D eigenvalue weighted by Gasteiger charge is 2.35. The number of carbonyl (C=O) groups is 1. The average molecular weight is 302 g/mol. The number of H-pyrrole nitrogens is 1. The van der Waals surface area contributed by atoms with E-state index < -0.39 is 6.10 Å². The summed E-state index contributed by atoms with van der Waals surface area (Å²) in [5.41, 5.74) is 0.684. The van der Waals surface area contributed by atoms with E-state index in [-0.39, 0.29) is 29.9 Å². The summed E-state index contributed by atoms with van der Waals surface area (Å²) in [7, 11) is 0. The Morgan fingerprint density at radius 2 is 2.14 bits per heavy atom. The number of β-amino-alcohol motifs (C(OH)–C–C–N with tert-alkyl or cyclic N) is 1. The monoisotopic (exact) mass is 302 g/mol. The number of aliphatic hydroxyl groups is 1. The van der Waals surface area contributed by atoms with Gasteiger partial charge in [-0.2, -0.15) is 0 Å². The van der Waals surface area contributed by atoms with Crippen LogP contribution in [0.25, 0.3) is 0 Å². The summed E-state index contributed by atoms with van der Waals surface area (Å²) in [6.07, 6.45) is 1.05. The van der Waals surface area contributed by atoms with Crippen molar-refractivity contribution in [3.8, 4) is 0 Å². The molecule has 5 nitrogen and oxygen atoms in total. The Labute approximate surface area is 126 Å². The maximum absolute atomic E-state index is 13.4. The minimum absolute atomic E-state index is 0.180. The fraction of sp³-hybridized carbons (Fsp3) is 0.250. The molecule has 0 bridgehead atoms. The molecule has 1 aromatic heterocycles. The number of aliphatic hydroxyl groups excluding tert-OH is 1. The smallest absolute Gasteiger partial charge is 0.255 e. The third-order valence-corrected chi connectivity index (χ3v) is 3.80. The lowest BCUT2D eigenvalue weighted by Crippen LogP contribution is -2.32. The Balaban J connectivity index is 1.92. The lowest BCUT2D eigenvalue weighted by molar-refractivity contribution is 0.0715. The van der Waals surface area contributed by atoms with Crippen molar-refractivity contribution < 1.29 is 14.3 Å². The van der Waals surface area contributed by atoms with E-state index in [2.05, 4.69) is 4.98 Å². The first kappa shape index (κ1) is 14.5. The molecule has 3 rings (SSSR count). The van der Waals surface area contributed by atoms with Crippen molar-refractivity contribution in [1.82, 2.24) is 9.88 Å².